The van der Waals surface area contributed by atoms with E-state index in [2.05, 4.69) is 4.74 Å². The SMILES string of the molecule is CCC1(C)N(c2ccc(Cl)cc2)C(=O)N(c2ccc(Cl)cc2)C1(O)c1cccc(OC(F)(F)F)c1. The first-order valence-corrected chi connectivity index (χ1v) is 11.4. The van der Waals surface area contributed by atoms with Crippen LogP contribution in [0.15, 0.2) is 72.8 Å². The third-order valence-corrected chi connectivity index (χ3v) is 6.78. The topological polar surface area (TPSA) is 53.0 Å². The summed E-state index contributed by atoms with van der Waals surface area (Å²) in [7, 11) is 0. The number of benzene rings is 3. The van der Waals surface area contributed by atoms with Crippen LogP contribution in [0.2, 0.25) is 10.0 Å². The number of carbonyl (C=O) groups excluding carboxylic acids is 1. The van der Waals surface area contributed by atoms with Crippen LogP contribution in [0.5, 0.6) is 5.75 Å². The molecule has 2 amide bonds. The molecule has 0 aliphatic carbocycles. The van der Waals surface area contributed by atoms with Gasteiger partial charge in [0.05, 0.1) is 5.54 Å². The Morgan fingerprint density at radius 1 is 0.914 bits per heavy atom. The van der Waals surface area contributed by atoms with Gasteiger partial charge >= 0.3 is 12.4 Å². The van der Waals surface area contributed by atoms with Gasteiger partial charge in [0, 0.05) is 27.0 Å². The Bertz CT molecular complexity index is 1240. The average Bonchev–Trinajstić information content (AvgIpc) is 2.98. The van der Waals surface area contributed by atoms with Gasteiger partial charge in [0.2, 0.25) is 0 Å². The number of nitrogens with zero attached hydrogens (tertiary/aromatic N) is 2. The predicted octanol–water partition coefficient (Wildman–Crippen LogP) is 7.35. The van der Waals surface area contributed by atoms with Crippen molar-refractivity contribution in [2.45, 2.75) is 37.9 Å². The molecule has 1 N–H and O–H groups in total. The Morgan fingerprint density at radius 3 is 1.91 bits per heavy atom. The van der Waals surface area contributed by atoms with E-state index in [1.165, 1.54) is 17.0 Å². The van der Waals surface area contributed by atoms with Gasteiger partial charge in [0.15, 0.2) is 5.72 Å². The molecule has 1 fully saturated rings. The van der Waals surface area contributed by atoms with E-state index in [9.17, 15) is 23.1 Å². The molecule has 2 unspecified atom stereocenters. The van der Waals surface area contributed by atoms with Gasteiger partial charge in [-0.2, -0.15) is 0 Å². The Kier molecular flexibility index (Phi) is 6.42. The number of amides is 2. The summed E-state index contributed by atoms with van der Waals surface area (Å²) in [6.07, 6.45) is -4.68. The predicted molar refractivity (Wildman–Crippen MR) is 129 cm³/mol. The van der Waals surface area contributed by atoms with Crippen LogP contribution in [0, 0.1) is 0 Å². The third-order valence-electron chi connectivity index (χ3n) is 6.28. The molecule has 4 rings (SSSR count). The van der Waals surface area contributed by atoms with Crippen LogP contribution in [0.3, 0.4) is 0 Å². The van der Waals surface area contributed by atoms with Gasteiger partial charge in [0.25, 0.3) is 0 Å². The molecule has 0 radical (unpaired) electrons. The molecule has 1 saturated heterocycles. The van der Waals surface area contributed by atoms with Gasteiger partial charge in [-0.1, -0.05) is 42.3 Å². The van der Waals surface area contributed by atoms with E-state index < -0.39 is 29.4 Å². The highest BCUT2D eigenvalue weighted by Crippen LogP contribution is 2.52. The van der Waals surface area contributed by atoms with Crippen LogP contribution in [-0.4, -0.2) is 23.0 Å². The monoisotopic (exact) mass is 524 g/mol. The number of urea groups is 1. The summed E-state index contributed by atoms with van der Waals surface area (Å²) in [4.78, 5) is 16.6. The molecule has 1 heterocycles. The molecule has 10 heteroatoms. The Morgan fingerprint density at radius 2 is 1.43 bits per heavy atom. The van der Waals surface area contributed by atoms with E-state index in [4.69, 9.17) is 23.2 Å². The van der Waals surface area contributed by atoms with E-state index in [0.29, 0.717) is 21.4 Å². The van der Waals surface area contributed by atoms with Crippen molar-refractivity contribution in [1.82, 2.24) is 0 Å². The van der Waals surface area contributed by atoms with Crippen LogP contribution in [0.25, 0.3) is 0 Å². The second-order valence-electron chi connectivity index (χ2n) is 8.28. The van der Waals surface area contributed by atoms with Crippen molar-refractivity contribution in [3.63, 3.8) is 0 Å². The van der Waals surface area contributed by atoms with Crippen LogP contribution in [-0.2, 0) is 5.72 Å². The minimum absolute atomic E-state index is 0.0448. The first-order valence-electron chi connectivity index (χ1n) is 10.6. The lowest BCUT2D eigenvalue weighted by Crippen LogP contribution is -2.57. The second-order valence-corrected chi connectivity index (χ2v) is 9.15. The Labute approximate surface area is 210 Å². The van der Waals surface area contributed by atoms with Crippen molar-refractivity contribution >= 4 is 40.6 Å². The summed E-state index contributed by atoms with van der Waals surface area (Å²) in [5.41, 5.74) is -2.61. The number of halogens is 5. The Balaban J connectivity index is 1.96. The van der Waals surface area contributed by atoms with Gasteiger partial charge in [0.1, 0.15) is 5.75 Å². The molecule has 3 aromatic rings. The summed E-state index contributed by atoms with van der Waals surface area (Å²) in [6.45, 7) is 3.45. The number of ether oxygens (including phenoxy) is 1. The fourth-order valence-electron chi connectivity index (χ4n) is 4.47. The zero-order valence-corrected chi connectivity index (χ0v) is 20.2. The van der Waals surface area contributed by atoms with Gasteiger partial charge in [-0.15, -0.1) is 13.2 Å². The lowest BCUT2D eigenvalue weighted by Gasteiger charge is -2.44. The summed E-state index contributed by atoms with van der Waals surface area (Å²) < 4.78 is 42.9. The quantitative estimate of drug-likeness (QED) is 0.379. The molecule has 2 atom stereocenters. The molecule has 1 aliphatic heterocycles. The highest BCUT2D eigenvalue weighted by Gasteiger charge is 2.65. The molecule has 1 aliphatic rings. The maximum atomic E-state index is 14.0. The highest BCUT2D eigenvalue weighted by molar-refractivity contribution is 6.31. The molecule has 0 aromatic heterocycles. The van der Waals surface area contributed by atoms with E-state index in [1.54, 1.807) is 62.4 Å². The van der Waals surface area contributed by atoms with E-state index in [0.717, 1.165) is 17.0 Å². The summed E-state index contributed by atoms with van der Waals surface area (Å²) in [5, 5.41) is 13.3. The van der Waals surface area contributed by atoms with E-state index in [1.807, 2.05) is 0 Å². The summed E-state index contributed by atoms with van der Waals surface area (Å²) in [5.74, 6) is -0.518. The average molecular weight is 525 g/mol. The number of carbonyl (C=O) groups is 1. The van der Waals surface area contributed by atoms with Crippen LogP contribution in [0.1, 0.15) is 25.8 Å². The first-order chi connectivity index (χ1) is 16.4. The fraction of sp³-hybridized carbons (Fsp3) is 0.240. The molecule has 0 bridgehead atoms. The normalized spacial score (nSPS) is 22.6. The lowest BCUT2D eigenvalue weighted by molar-refractivity contribution is -0.274. The van der Waals surface area contributed by atoms with Crippen LogP contribution in [0.4, 0.5) is 29.3 Å². The highest BCUT2D eigenvalue weighted by atomic mass is 35.5. The third kappa shape index (κ3) is 4.30. The van der Waals surface area contributed by atoms with Crippen molar-refractivity contribution in [3.05, 3.63) is 88.4 Å². The van der Waals surface area contributed by atoms with Gasteiger partial charge < -0.3 is 9.84 Å². The number of aliphatic hydroxyl groups is 1. The minimum atomic E-state index is -4.92. The molecule has 0 saturated carbocycles. The standard InChI is InChI=1S/C25H21Cl2F3N2O3/c1-3-23(2)24(34,16-5-4-6-21(15-16)35-25(28,29)30)32(20-13-9-18(27)10-14-20)22(33)31(23)19-11-7-17(26)8-12-19/h4-15,34H,3H2,1-2H3. The minimum Gasteiger partial charge on any atom is -0.406 e. The molecular formula is C25H21Cl2F3N2O3. The fourth-order valence-corrected chi connectivity index (χ4v) is 4.73. The van der Waals surface area contributed by atoms with Gasteiger partial charge in [-0.05, 0) is 74.0 Å². The maximum absolute atomic E-state index is 14.0. The Hall–Kier alpha value is -2.94. The van der Waals surface area contributed by atoms with Crippen molar-refractivity contribution in [2.24, 2.45) is 0 Å². The number of hydrogen-bond donors (Lipinski definition) is 1. The zero-order chi connectivity index (χ0) is 25.6. The van der Waals surface area contributed by atoms with Crippen molar-refractivity contribution < 1.29 is 27.8 Å². The van der Waals surface area contributed by atoms with Gasteiger partial charge in [-0.25, -0.2) is 4.79 Å². The molecular weight excluding hydrogens is 504 g/mol. The summed E-state index contributed by atoms with van der Waals surface area (Å²) in [6, 6.07) is 17.2. The first kappa shape index (κ1) is 25.2. The number of rotatable bonds is 5. The molecule has 35 heavy (non-hydrogen) atoms. The number of alkyl halides is 3. The largest absolute Gasteiger partial charge is 0.573 e. The van der Waals surface area contributed by atoms with E-state index >= 15 is 0 Å². The molecule has 3 aromatic carbocycles. The maximum Gasteiger partial charge on any atom is 0.573 e. The van der Waals surface area contributed by atoms with Crippen LogP contribution >= 0.6 is 23.2 Å². The second kappa shape index (κ2) is 8.93. The van der Waals surface area contributed by atoms with Crippen molar-refractivity contribution in [2.75, 3.05) is 9.80 Å². The number of hydrogen-bond acceptors (Lipinski definition) is 3. The molecule has 5 nitrogen and oxygen atoms in total. The van der Waals surface area contributed by atoms with E-state index in [-0.39, 0.29) is 12.0 Å². The van der Waals surface area contributed by atoms with Crippen LogP contribution < -0.4 is 14.5 Å². The molecule has 0 spiro atoms. The van der Waals surface area contributed by atoms with Crippen molar-refractivity contribution in [3.8, 4) is 5.75 Å². The summed E-state index contributed by atoms with van der Waals surface area (Å²) >= 11 is 12.1. The number of anilines is 2. The van der Waals surface area contributed by atoms with Gasteiger partial charge in [-0.3, -0.25) is 9.80 Å². The smallest absolute Gasteiger partial charge is 0.406 e. The lowest BCUT2D eigenvalue weighted by atomic mass is 9.80. The molecule has 184 valence electrons. The van der Waals surface area contributed by atoms with Crippen molar-refractivity contribution in [1.29, 1.82) is 0 Å². The zero-order valence-electron chi connectivity index (χ0n) is 18.7.